The molecule has 1 aromatic rings. The van der Waals surface area contributed by atoms with Crippen molar-refractivity contribution < 1.29 is 4.79 Å². The molecule has 2 rings (SSSR count). The second kappa shape index (κ2) is 4.83. The first-order valence-corrected chi connectivity index (χ1v) is 6.15. The summed E-state index contributed by atoms with van der Waals surface area (Å²) in [6, 6.07) is 5.85. The lowest BCUT2D eigenvalue weighted by atomic mass is 9.97. The maximum Gasteiger partial charge on any atom is 0.252 e. The van der Waals surface area contributed by atoms with Crippen LogP contribution in [-0.4, -0.2) is 18.0 Å². The number of terminal acetylenes is 1. The first-order chi connectivity index (χ1) is 8.52. The van der Waals surface area contributed by atoms with Crippen molar-refractivity contribution in [2.45, 2.75) is 32.4 Å². The van der Waals surface area contributed by atoms with Gasteiger partial charge < -0.3 is 10.6 Å². The van der Waals surface area contributed by atoms with Crippen molar-refractivity contribution in [3.05, 3.63) is 34.9 Å². The Kier molecular flexibility index (Phi) is 3.40. The fraction of sp³-hybridized carbons (Fsp3) is 0.400. The Morgan fingerprint density at radius 3 is 2.94 bits per heavy atom. The maximum atomic E-state index is 12.1. The Morgan fingerprint density at radius 1 is 1.44 bits per heavy atom. The van der Waals surface area contributed by atoms with Crippen LogP contribution in [0.4, 0.5) is 0 Å². The van der Waals surface area contributed by atoms with Crippen LogP contribution in [0.5, 0.6) is 0 Å². The molecule has 3 heteroatoms. The minimum absolute atomic E-state index is 0.119. The van der Waals surface area contributed by atoms with Crippen LogP contribution >= 0.6 is 0 Å². The molecular formula is C15H18N2O. The van der Waals surface area contributed by atoms with E-state index in [1.165, 1.54) is 11.1 Å². The van der Waals surface area contributed by atoms with E-state index in [0.717, 1.165) is 19.5 Å². The summed E-state index contributed by atoms with van der Waals surface area (Å²) < 4.78 is 0. The average Bonchev–Trinajstić information content (AvgIpc) is 2.37. The van der Waals surface area contributed by atoms with Crippen LogP contribution in [0.3, 0.4) is 0 Å². The molecule has 0 saturated carbocycles. The number of benzene rings is 1. The topological polar surface area (TPSA) is 41.1 Å². The molecule has 0 aromatic heterocycles. The number of hydrogen-bond donors (Lipinski definition) is 2. The van der Waals surface area contributed by atoms with Gasteiger partial charge in [-0.3, -0.25) is 4.79 Å². The van der Waals surface area contributed by atoms with Gasteiger partial charge in [0, 0.05) is 12.1 Å². The molecule has 1 aromatic carbocycles. The highest BCUT2D eigenvalue weighted by Crippen LogP contribution is 2.16. The van der Waals surface area contributed by atoms with Crippen molar-refractivity contribution in [2.75, 3.05) is 6.54 Å². The molecule has 3 nitrogen and oxygen atoms in total. The van der Waals surface area contributed by atoms with Crippen LogP contribution in [0.2, 0.25) is 0 Å². The third kappa shape index (κ3) is 2.72. The van der Waals surface area contributed by atoms with Gasteiger partial charge in [0.25, 0.3) is 5.91 Å². The van der Waals surface area contributed by atoms with Gasteiger partial charge in [0.2, 0.25) is 0 Å². The zero-order chi connectivity index (χ0) is 13.2. The Bertz CT molecular complexity index is 512. The summed E-state index contributed by atoms with van der Waals surface area (Å²) in [5, 5.41) is 6.14. The van der Waals surface area contributed by atoms with E-state index in [4.69, 9.17) is 6.42 Å². The lowest BCUT2D eigenvalue weighted by Crippen LogP contribution is -2.42. The van der Waals surface area contributed by atoms with E-state index >= 15 is 0 Å². The molecule has 94 valence electrons. The fourth-order valence-electron chi connectivity index (χ4n) is 2.01. The lowest BCUT2D eigenvalue weighted by molar-refractivity contribution is 0.0929. The summed E-state index contributed by atoms with van der Waals surface area (Å²) in [5.41, 5.74) is 2.57. The molecular weight excluding hydrogens is 224 g/mol. The van der Waals surface area contributed by atoms with Gasteiger partial charge in [0.05, 0.1) is 5.54 Å². The molecule has 0 bridgehead atoms. The molecule has 0 aliphatic carbocycles. The number of hydrogen-bond acceptors (Lipinski definition) is 2. The van der Waals surface area contributed by atoms with Gasteiger partial charge in [-0.2, -0.15) is 0 Å². The van der Waals surface area contributed by atoms with Crippen molar-refractivity contribution >= 4 is 5.91 Å². The van der Waals surface area contributed by atoms with Crippen LogP contribution in [-0.2, 0) is 13.0 Å². The predicted octanol–water partition coefficient (Wildman–Crippen LogP) is 1.47. The zero-order valence-corrected chi connectivity index (χ0v) is 10.8. The van der Waals surface area contributed by atoms with Gasteiger partial charge in [0.15, 0.2) is 0 Å². The van der Waals surface area contributed by atoms with Crippen LogP contribution < -0.4 is 10.6 Å². The Morgan fingerprint density at radius 2 is 2.22 bits per heavy atom. The second-order valence-corrected chi connectivity index (χ2v) is 5.13. The number of rotatable bonds is 2. The number of carbonyl (C=O) groups excluding carboxylic acids is 1. The van der Waals surface area contributed by atoms with Crippen LogP contribution in [0.15, 0.2) is 18.2 Å². The number of nitrogens with one attached hydrogen (secondary N) is 2. The van der Waals surface area contributed by atoms with E-state index in [0.29, 0.717) is 5.56 Å². The van der Waals surface area contributed by atoms with E-state index in [1.54, 1.807) is 0 Å². The Hall–Kier alpha value is -1.79. The fourth-order valence-corrected chi connectivity index (χ4v) is 2.01. The molecule has 1 aliphatic heterocycles. The minimum atomic E-state index is -0.620. The summed E-state index contributed by atoms with van der Waals surface area (Å²) in [6.45, 7) is 5.45. The molecule has 1 aliphatic rings. The molecule has 1 heterocycles. The normalized spacial score (nSPS) is 14.5. The van der Waals surface area contributed by atoms with Crippen molar-refractivity contribution in [1.29, 1.82) is 0 Å². The van der Waals surface area contributed by atoms with Gasteiger partial charge in [-0.1, -0.05) is 12.0 Å². The van der Waals surface area contributed by atoms with Gasteiger partial charge >= 0.3 is 0 Å². The second-order valence-electron chi connectivity index (χ2n) is 5.13. The monoisotopic (exact) mass is 242 g/mol. The molecule has 18 heavy (non-hydrogen) atoms. The van der Waals surface area contributed by atoms with E-state index in [1.807, 2.05) is 32.0 Å². The third-order valence-electron chi connectivity index (χ3n) is 3.14. The molecule has 0 unspecified atom stereocenters. The van der Waals surface area contributed by atoms with Crippen molar-refractivity contribution in [2.24, 2.45) is 0 Å². The van der Waals surface area contributed by atoms with Crippen molar-refractivity contribution in [1.82, 2.24) is 10.6 Å². The van der Waals surface area contributed by atoms with E-state index in [2.05, 4.69) is 16.6 Å². The number of fused-ring (bicyclic) bond motifs is 1. The molecule has 0 atom stereocenters. The van der Waals surface area contributed by atoms with Gasteiger partial charge in [-0.05, 0) is 50.1 Å². The molecule has 0 spiro atoms. The van der Waals surface area contributed by atoms with Crippen LogP contribution in [0, 0.1) is 12.3 Å². The van der Waals surface area contributed by atoms with Crippen LogP contribution in [0.25, 0.3) is 0 Å². The summed E-state index contributed by atoms with van der Waals surface area (Å²) in [4.78, 5) is 12.1. The molecule has 1 amide bonds. The van der Waals surface area contributed by atoms with Crippen molar-refractivity contribution in [3.8, 4) is 12.3 Å². The Balaban J connectivity index is 2.19. The van der Waals surface area contributed by atoms with Gasteiger partial charge in [-0.25, -0.2) is 0 Å². The highest BCUT2D eigenvalue weighted by molar-refractivity contribution is 5.95. The quantitative estimate of drug-likeness (QED) is 0.771. The molecule has 0 radical (unpaired) electrons. The largest absolute Gasteiger partial charge is 0.336 e. The van der Waals surface area contributed by atoms with Gasteiger partial charge in [0.1, 0.15) is 0 Å². The van der Waals surface area contributed by atoms with E-state index in [-0.39, 0.29) is 5.91 Å². The summed E-state index contributed by atoms with van der Waals surface area (Å²) in [6.07, 6.45) is 6.39. The molecule has 0 saturated heterocycles. The first-order valence-electron chi connectivity index (χ1n) is 6.15. The summed E-state index contributed by atoms with van der Waals surface area (Å²) in [7, 11) is 0. The lowest BCUT2D eigenvalue weighted by Gasteiger charge is -2.21. The van der Waals surface area contributed by atoms with Gasteiger partial charge in [-0.15, -0.1) is 6.42 Å². The minimum Gasteiger partial charge on any atom is -0.336 e. The van der Waals surface area contributed by atoms with Crippen molar-refractivity contribution in [3.63, 3.8) is 0 Å². The maximum absolute atomic E-state index is 12.1. The SMILES string of the molecule is C#CC(C)(C)NC(=O)c1ccc2c(c1)CNCC2. The standard InChI is InChI=1S/C15H18N2O/c1-4-15(2,3)17-14(18)12-6-5-11-7-8-16-10-13(11)9-12/h1,5-6,9,16H,7-8,10H2,2-3H3,(H,17,18). The van der Waals surface area contributed by atoms with Crippen LogP contribution in [0.1, 0.15) is 35.3 Å². The van der Waals surface area contributed by atoms with E-state index in [9.17, 15) is 4.79 Å². The zero-order valence-electron chi connectivity index (χ0n) is 10.8. The molecule has 0 fully saturated rings. The van der Waals surface area contributed by atoms with E-state index < -0.39 is 5.54 Å². The highest BCUT2D eigenvalue weighted by atomic mass is 16.1. The molecule has 2 N–H and O–H groups in total. The third-order valence-corrected chi connectivity index (χ3v) is 3.14. The summed E-state index contributed by atoms with van der Waals surface area (Å²) in [5.74, 6) is 2.44. The summed E-state index contributed by atoms with van der Waals surface area (Å²) >= 11 is 0. The average molecular weight is 242 g/mol. The Labute approximate surface area is 108 Å². The number of amides is 1. The number of carbonyl (C=O) groups is 1. The first kappa shape index (κ1) is 12.7. The highest BCUT2D eigenvalue weighted by Gasteiger charge is 2.19. The smallest absolute Gasteiger partial charge is 0.252 e. The predicted molar refractivity (Wildman–Crippen MR) is 72.2 cm³/mol.